The van der Waals surface area contributed by atoms with Crippen LogP contribution in [0, 0.1) is 16.7 Å². The number of nitriles is 1. The third-order valence-electron chi connectivity index (χ3n) is 3.05. The van der Waals surface area contributed by atoms with Crippen LogP contribution in [0.3, 0.4) is 0 Å². The first-order valence-corrected chi connectivity index (χ1v) is 5.54. The van der Waals surface area contributed by atoms with Crippen molar-refractivity contribution in [1.82, 2.24) is 0 Å². The number of rotatable bonds is 2. The Morgan fingerprint density at radius 1 is 0.739 bits per heavy atom. The second-order valence-corrected chi connectivity index (χ2v) is 4.40. The monoisotopic (exact) mass is 353 g/mol. The molecule has 0 fully saturated rings. The van der Waals surface area contributed by atoms with E-state index in [0.29, 0.717) is 12.1 Å². The van der Waals surface area contributed by atoms with Crippen LogP contribution in [0.2, 0.25) is 0 Å². The van der Waals surface area contributed by atoms with Crippen molar-refractivity contribution in [2.24, 2.45) is 5.41 Å². The smallest absolute Gasteiger partial charge is 0.241 e. The van der Waals surface area contributed by atoms with Gasteiger partial charge in [-0.15, -0.1) is 0 Å². The predicted octanol–water partition coefficient (Wildman–Crippen LogP) is 5.24. The van der Waals surface area contributed by atoms with E-state index in [1.54, 1.807) is 0 Å². The molecule has 0 bridgehead atoms. The van der Waals surface area contributed by atoms with E-state index in [2.05, 4.69) is 0 Å². The molecule has 128 valence electrons. The molecule has 1 aromatic rings. The fraction of sp³-hybridized carbons (Fsp3) is 0.417. The van der Waals surface area contributed by atoms with E-state index in [0.717, 1.165) is 0 Å². The van der Waals surface area contributed by atoms with Gasteiger partial charge in [-0.2, -0.15) is 44.8 Å². The molecule has 1 rings (SSSR count). The Morgan fingerprint density at radius 3 is 1.35 bits per heavy atom. The summed E-state index contributed by atoms with van der Waals surface area (Å²) >= 11 is 0. The molecule has 1 aromatic carbocycles. The quantitative estimate of drug-likeness (QED) is 0.667. The molecule has 0 aromatic heterocycles. The van der Waals surface area contributed by atoms with Gasteiger partial charge in [-0.3, -0.25) is 0 Å². The third kappa shape index (κ3) is 2.94. The zero-order chi connectivity index (χ0) is 18.3. The first kappa shape index (κ1) is 19.1. The fourth-order valence-corrected chi connectivity index (χ4v) is 1.89. The lowest BCUT2D eigenvalue weighted by atomic mass is 9.77. The molecule has 0 aliphatic heterocycles. The first-order valence-electron chi connectivity index (χ1n) is 5.54. The molecule has 0 saturated carbocycles. The third-order valence-corrected chi connectivity index (χ3v) is 3.05. The maximum atomic E-state index is 13.9. The Kier molecular flexibility index (Phi) is 4.62. The Labute approximate surface area is 122 Å². The van der Waals surface area contributed by atoms with Crippen molar-refractivity contribution in [1.29, 1.82) is 5.26 Å². The molecule has 0 amide bonds. The molecular weight excluding hydrogens is 348 g/mol. The number of nitrogens with zero attached hydrogens (tertiary/aromatic N) is 1. The highest BCUT2D eigenvalue weighted by Crippen LogP contribution is 2.66. The second-order valence-electron chi connectivity index (χ2n) is 4.40. The molecule has 0 aliphatic rings. The van der Waals surface area contributed by atoms with Crippen LogP contribution >= 0.6 is 0 Å². The van der Waals surface area contributed by atoms with E-state index in [4.69, 9.17) is 5.26 Å². The Morgan fingerprint density at radius 2 is 1.09 bits per heavy atom. The van der Waals surface area contributed by atoms with Gasteiger partial charge >= 0.3 is 18.5 Å². The maximum absolute atomic E-state index is 13.9. The molecule has 0 saturated heterocycles. The average Bonchev–Trinajstić information content (AvgIpc) is 2.34. The summed E-state index contributed by atoms with van der Waals surface area (Å²) in [5, 5.41) is 8.43. The first-order chi connectivity index (χ1) is 10.2. The van der Waals surface area contributed by atoms with Crippen molar-refractivity contribution in [2.45, 2.75) is 24.7 Å². The molecule has 0 heterocycles. The van der Waals surface area contributed by atoms with Gasteiger partial charge in [0.25, 0.3) is 5.41 Å². The molecule has 1 nitrogen and oxygen atoms in total. The van der Waals surface area contributed by atoms with Gasteiger partial charge in [-0.1, -0.05) is 12.1 Å². The summed E-state index contributed by atoms with van der Waals surface area (Å²) in [6.45, 7) is 0. The summed E-state index contributed by atoms with van der Waals surface area (Å²) in [5.41, 5.74) is -8.37. The SMILES string of the molecule is N#Cc1ccc(C(F)C(C(F)(F)F)(C(F)(F)F)C(F)(F)F)cc1. The van der Waals surface area contributed by atoms with Gasteiger partial charge in [0.1, 0.15) is 0 Å². The molecule has 1 atom stereocenters. The lowest BCUT2D eigenvalue weighted by molar-refractivity contribution is -0.443. The standard InChI is InChI=1S/C12H5F10N/c13-8(7-3-1-6(5-23)2-4-7)9(10(14,15)16,11(17,18)19)12(20,21)22/h1-4,8H. The van der Waals surface area contributed by atoms with Crippen molar-refractivity contribution < 1.29 is 43.9 Å². The predicted molar refractivity (Wildman–Crippen MR) is 55.6 cm³/mol. The highest BCUT2D eigenvalue weighted by atomic mass is 19.4. The summed E-state index contributed by atoms with van der Waals surface area (Å²) in [5.74, 6) is 0. The van der Waals surface area contributed by atoms with Gasteiger partial charge in [0.05, 0.1) is 11.6 Å². The highest BCUT2D eigenvalue weighted by molar-refractivity contribution is 5.34. The van der Waals surface area contributed by atoms with E-state index in [-0.39, 0.29) is 17.7 Å². The van der Waals surface area contributed by atoms with Crippen molar-refractivity contribution >= 4 is 0 Å². The van der Waals surface area contributed by atoms with Crippen molar-refractivity contribution in [3.05, 3.63) is 35.4 Å². The molecule has 23 heavy (non-hydrogen) atoms. The summed E-state index contributed by atoms with van der Waals surface area (Å²) in [7, 11) is 0. The Balaban J connectivity index is 3.66. The lowest BCUT2D eigenvalue weighted by Crippen LogP contribution is -2.62. The number of alkyl halides is 10. The minimum Gasteiger partial charge on any atom is -0.241 e. The van der Waals surface area contributed by atoms with Crippen LogP contribution in [0.4, 0.5) is 43.9 Å². The van der Waals surface area contributed by atoms with E-state index >= 15 is 0 Å². The summed E-state index contributed by atoms with van der Waals surface area (Å²) < 4.78 is 128. The fourth-order valence-electron chi connectivity index (χ4n) is 1.89. The van der Waals surface area contributed by atoms with Crippen LogP contribution in [0.15, 0.2) is 24.3 Å². The summed E-state index contributed by atoms with van der Waals surface area (Å²) in [6.07, 6.45) is -25.5. The van der Waals surface area contributed by atoms with E-state index in [9.17, 15) is 43.9 Å². The van der Waals surface area contributed by atoms with Gasteiger partial charge in [-0.25, -0.2) is 4.39 Å². The summed E-state index contributed by atoms with van der Waals surface area (Å²) in [6, 6.07) is 3.18. The van der Waals surface area contributed by atoms with Crippen LogP contribution in [0.1, 0.15) is 17.3 Å². The van der Waals surface area contributed by atoms with Gasteiger partial charge in [0.2, 0.25) is 0 Å². The van der Waals surface area contributed by atoms with Crippen LogP contribution < -0.4 is 0 Å². The van der Waals surface area contributed by atoms with Crippen LogP contribution in [-0.2, 0) is 0 Å². The Bertz CT molecular complexity index is 551. The molecular formula is C12H5F10N. The van der Waals surface area contributed by atoms with Crippen LogP contribution in [-0.4, -0.2) is 18.5 Å². The van der Waals surface area contributed by atoms with Crippen LogP contribution in [0.25, 0.3) is 0 Å². The average molecular weight is 353 g/mol. The van der Waals surface area contributed by atoms with Crippen molar-refractivity contribution in [3.8, 4) is 6.07 Å². The lowest BCUT2D eigenvalue weighted by Gasteiger charge is -2.40. The normalized spacial score (nSPS) is 15.2. The minimum absolute atomic E-state index is 0.265. The molecule has 1 unspecified atom stereocenters. The number of halogens is 10. The van der Waals surface area contributed by atoms with E-state index < -0.39 is 35.7 Å². The topological polar surface area (TPSA) is 23.8 Å². The van der Waals surface area contributed by atoms with E-state index in [1.165, 1.54) is 6.07 Å². The number of hydrogen-bond donors (Lipinski definition) is 0. The minimum atomic E-state index is -6.99. The van der Waals surface area contributed by atoms with Gasteiger partial charge < -0.3 is 0 Å². The number of benzene rings is 1. The largest absolute Gasteiger partial charge is 0.415 e. The van der Waals surface area contributed by atoms with E-state index in [1.807, 2.05) is 0 Å². The molecule has 11 heteroatoms. The van der Waals surface area contributed by atoms with Crippen LogP contribution in [0.5, 0.6) is 0 Å². The van der Waals surface area contributed by atoms with Crippen molar-refractivity contribution in [2.75, 3.05) is 0 Å². The molecule has 0 N–H and O–H groups in total. The zero-order valence-corrected chi connectivity index (χ0v) is 10.6. The van der Waals surface area contributed by atoms with Gasteiger partial charge in [0.15, 0.2) is 6.17 Å². The second kappa shape index (κ2) is 5.58. The Hall–Kier alpha value is -1.99. The summed E-state index contributed by atoms with van der Waals surface area (Å²) in [4.78, 5) is 0. The zero-order valence-electron chi connectivity index (χ0n) is 10.6. The molecule has 0 radical (unpaired) electrons. The molecule has 0 spiro atoms. The maximum Gasteiger partial charge on any atom is 0.415 e. The number of hydrogen-bond acceptors (Lipinski definition) is 1. The van der Waals surface area contributed by atoms with Crippen molar-refractivity contribution in [3.63, 3.8) is 0 Å². The van der Waals surface area contributed by atoms with Gasteiger partial charge in [0, 0.05) is 0 Å². The van der Waals surface area contributed by atoms with Gasteiger partial charge in [-0.05, 0) is 17.7 Å². The highest BCUT2D eigenvalue weighted by Gasteiger charge is 2.87. The molecule has 0 aliphatic carbocycles.